The van der Waals surface area contributed by atoms with Gasteiger partial charge < -0.3 is 10.6 Å². The number of aromatic nitrogens is 1. The topological polar surface area (TPSA) is 71.1 Å². The maximum absolute atomic E-state index is 12.4. The Kier molecular flexibility index (Phi) is 4.75. The molecule has 0 aromatic carbocycles. The van der Waals surface area contributed by atoms with Crippen molar-refractivity contribution in [2.24, 2.45) is 0 Å². The molecular formula is C14H21N3O2S. The average Bonchev–Trinajstić information content (AvgIpc) is 2.86. The van der Waals surface area contributed by atoms with Gasteiger partial charge in [-0.05, 0) is 26.7 Å². The van der Waals surface area contributed by atoms with E-state index < -0.39 is 5.54 Å². The predicted octanol–water partition coefficient (Wildman–Crippen LogP) is 2.02. The zero-order chi connectivity index (χ0) is 14.6. The van der Waals surface area contributed by atoms with Crippen LogP contribution in [0.15, 0.2) is 5.51 Å². The standard InChI is InChI=1S/C14H21N3O2S/c1-3-15-13(19)14(7-5-4-6-8-14)17-12(18)11-10(2)16-9-20-11/h9H,3-8H2,1-2H3,(H,15,19)(H,17,18). The highest BCUT2D eigenvalue weighted by Gasteiger charge is 2.41. The van der Waals surface area contributed by atoms with Crippen LogP contribution >= 0.6 is 11.3 Å². The maximum Gasteiger partial charge on any atom is 0.264 e. The molecule has 0 bridgehead atoms. The second-order valence-corrected chi connectivity index (χ2v) is 6.08. The van der Waals surface area contributed by atoms with Crippen molar-refractivity contribution in [1.82, 2.24) is 15.6 Å². The SMILES string of the molecule is CCNC(=O)C1(NC(=O)c2scnc2C)CCCCC1. The van der Waals surface area contributed by atoms with Gasteiger partial charge in [0.05, 0.1) is 11.2 Å². The normalized spacial score (nSPS) is 17.5. The zero-order valence-corrected chi connectivity index (χ0v) is 12.8. The molecule has 1 saturated carbocycles. The number of aryl methyl sites for hydroxylation is 1. The molecule has 0 aliphatic heterocycles. The highest BCUT2D eigenvalue weighted by molar-refractivity contribution is 7.11. The van der Waals surface area contributed by atoms with Crippen LogP contribution in [0, 0.1) is 6.92 Å². The second-order valence-electron chi connectivity index (χ2n) is 5.22. The molecule has 0 atom stereocenters. The molecule has 1 aliphatic rings. The first-order chi connectivity index (χ1) is 9.59. The summed E-state index contributed by atoms with van der Waals surface area (Å²) >= 11 is 1.32. The third-order valence-corrected chi connectivity index (χ3v) is 4.71. The number of nitrogens with one attached hydrogen (secondary N) is 2. The molecule has 2 N–H and O–H groups in total. The van der Waals surface area contributed by atoms with Gasteiger partial charge in [-0.1, -0.05) is 19.3 Å². The van der Waals surface area contributed by atoms with Gasteiger partial charge in [0.2, 0.25) is 5.91 Å². The number of nitrogens with zero attached hydrogens (tertiary/aromatic N) is 1. The maximum atomic E-state index is 12.4. The van der Waals surface area contributed by atoms with Gasteiger partial charge in [-0.15, -0.1) is 11.3 Å². The number of amides is 2. The summed E-state index contributed by atoms with van der Waals surface area (Å²) in [5.41, 5.74) is 1.63. The van der Waals surface area contributed by atoms with E-state index in [-0.39, 0.29) is 11.8 Å². The minimum Gasteiger partial charge on any atom is -0.354 e. The monoisotopic (exact) mass is 295 g/mol. The lowest BCUT2D eigenvalue weighted by Gasteiger charge is -2.36. The van der Waals surface area contributed by atoms with E-state index in [1.165, 1.54) is 11.3 Å². The summed E-state index contributed by atoms with van der Waals surface area (Å²) in [6.45, 7) is 4.28. The van der Waals surface area contributed by atoms with Crippen molar-refractivity contribution in [2.45, 2.75) is 51.5 Å². The molecule has 6 heteroatoms. The Hall–Kier alpha value is -1.43. The summed E-state index contributed by atoms with van der Waals surface area (Å²) < 4.78 is 0. The van der Waals surface area contributed by atoms with Gasteiger partial charge in [-0.3, -0.25) is 9.59 Å². The molecule has 1 aliphatic carbocycles. The molecule has 1 aromatic rings. The fourth-order valence-corrected chi connectivity index (χ4v) is 3.39. The van der Waals surface area contributed by atoms with E-state index in [0.717, 1.165) is 19.3 Å². The molecule has 5 nitrogen and oxygen atoms in total. The summed E-state index contributed by atoms with van der Waals surface area (Å²) in [4.78, 5) is 29.4. The largest absolute Gasteiger partial charge is 0.354 e. The van der Waals surface area contributed by atoms with Gasteiger partial charge >= 0.3 is 0 Å². The minimum absolute atomic E-state index is 0.0600. The summed E-state index contributed by atoms with van der Waals surface area (Å²) in [5, 5.41) is 5.84. The number of likely N-dealkylation sites (N-methyl/N-ethyl adjacent to an activating group) is 1. The number of rotatable bonds is 4. The van der Waals surface area contributed by atoms with E-state index in [4.69, 9.17) is 0 Å². The van der Waals surface area contributed by atoms with Crippen molar-refractivity contribution >= 4 is 23.2 Å². The van der Waals surface area contributed by atoms with E-state index in [9.17, 15) is 9.59 Å². The lowest BCUT2D eigenvalue weighted by Crippen LogP contribution is -2.59. The van der Waals surface area contributed by atoms with Gasteiger partial charge in [0.15, 0.2) is 0 Å². The third-order valence-electron chi connectivity index (χ3n) is 3.78. The van der Waals surface area contributed by atoms with E-state index in [0.29, 0.717) is 30.0 Å². The summed E-state index contributed by atoms with van der Waals surface area (Å²) in [5.74, 6) is -0.242. The van der Waals surface area contributed by atoms with E-state index in [1.54, 1.807) is 5.51 Å². The fraction of sp³-hybridized carbons (Fsp3) is 0.643. The van der Waals surface area contributed by atoms with Crippen molar-refractivity contribution in [3.63, 3.8) is 0 Å². The van der Waals surface area contributed by atoms with Crippen LogP contribution in [-0.4, -0.2) is 28.9 Å². The first-order valence-electron chi connectivity index (χ1n) is 7.10. The quantitative estimate of drug-likeness (QED) is 0.892. The number of carbonyl (C=O) groups is 2. The van der Waals surface area contributed by atoms with Crippen LogP contribution in [0.25, 0.3) is 0 Å². The van der Waals surface area contributed by atoms with Crippen molar-refractivity contribution in [2.75, 3.05) is 6.54 Å². The van der Waals surface area contributed by atoms with E-state index >= 15 is 0 Å². The molecule has 1 fully saturated rings. The van der Waals surface area contributed by atoms with Gasteiger partial charge in [0, 0.05) is 6.54 Å². The highest BCUT2D eigenvalue weighted by atomic mass is 32.1. The molecule has 0 saturated heterocycles. The lowest BCUT2D eigenvalue weighted by atomic mass is 9.80. The molecule has 2 amide bonds. The van der Waals surface area contributed by atoms with Crippen molar-refractivity contribution in [1.29, 1.82) is 0 Å². The zero-order valence-electron chi connectivity index (χ0n) is 12.0. The first kappa shape index (κ1) is 15.0. The van der Waals surface area contributed by atoms with Crippen LogP contribution in [0.1, 0.15) is 54.4 Å². The highest BCUT2D eigenvalue weighted by Crippen LogP contribution is 2.29. The van der Waals surface area contributed by atoms with Crippen LogP contribution < -0.4 is 10.6 Å². The number of thiazole rings is 1. The van der Waals surface area contributed by atoms with Gasteiger partial charge in [-0.2, -0.15) is 0 Å². The number of hydrogen-bond acceptors (Lipinski definition) is 4. The van der Waals surface area contributed by atoms with Gasteiger partial charge in [0.25, 0.3) is 5.91 Å². The molecule has 1 heterocycles. The third kappa shape index (κ3) is 3.00. The van der Waals surface area contributed by atoms with E-state index in [1.807, 2.05) is 13.8 Å². The van der Waals surface area contributed by atoms with Crippen LogP contribution in [0.2, 0.25) is 0 Å². The molecule has 0 spiro atoms. The molecule has 0 unspecified atom stereocenters. The Morgan fingerprint density at radius 2 is 2.05 bits per heavy atom. The second kappa shape index (κ2) is 6.35. The first-order valence-corrected chi connectivity index (χ1v) is 7.98. The van der Waals surface area contributed by atoms with Crippen molar-refractivity contribution in [3.8, 4) is 0 Å². The van der Waals surface area contributed by atoms with Crippen molar-refractivity contribution in [3.05, 3.63) is 16.1 Å². The Bertz CT molecular complexity index is 492. The summed E-state index contributed by atoms with van der Waals surface area (Å²) in [7, 11) is 0. The average molecular weight is 295 g/mol. The Labute approximate surface area is 123 Å². The number of hydrogen-bond donors (Lipinski definition) is 2. The van der Waals surface area contributed by atoms with Crippen molar-refractivity contribution < 1.29 is 9.59 Å². The summed E-state index contributed by atoms with van der Waals surface area (Å²) in [6.07, 6.45) is 4.49. The molecule has 20 heavy (non-hydrogen) atoms. The Morgan fingerprint density at radius 3 is 2.60 bits per heavy atom. The molecular weight excluding hydrogens is 274 g/mol. The van der Waals surface area contributed by atoms with Gasteiger partial charge in [0.1, 0.15) is 10.4 Å². The fourth-order valence-electron chi connectivity index (χ4n) is 2.69. The molecule has 0 radical (unpaired) electrons. The van der Waals surface area contributed by atoms with E-state index in [2.05, 4.69) is 15.6 Å². The predicted molar refractivity (Wildman–Crippen MR) is 78.8 cm³/mol. The lowest BCUT2D eigenvalue weighted by molar-refractivity contribution is -0.128. The van der Waals surface area contributed by atoms with Crippen LogP contribution in [0.5, 0.6) is 0 Å². The van der Waals surface area contributed by atoms with Crippen LogP contribution in [0.3, 0.4) is 0 Å². The Balaban J connectivity index is 2.17. The molecule has 2 rings (SSSR count). The van der Waals surface area contributed by atoms with Crippen LogP contribution in [0.4, 0.5) is 0 Å². The Morgan fingerprint density at radius 1 is 1.35 bits per heavy atom. The molecule has 1 aromatic heterocycles. The minimum atomic E-state index is -0.748. The number of carbonyl (C=O) groups excluding carboxylic acids is 2. The smallest absolute Gasteiger partial charge is 0.264 e. The van der Waals surface area contributed by atoms with Gasteiger partial charge in [-0.25, -0.2) is 4.98 Å². The molecule has 110 valence electrons. The van der Waals surface area contributed by atoms with Crippen LogP contribution in [-0.2, 0) is 4.79 Å². The summed E-state index contributed by atoms with van der Waals surface area (Å²) in [6, 6.07) is 0.